The fourth-order valence-electron chi connectivity index (χ4n) is 1.23. The van der Waals surface area contributed by atoms with Gasteiger partial charge in [0.15, 0.2) is 0 Å². The largest absolute Gasteiger partial charge is 0.439 e. The van der Waals surface area contributed by atoms with Gasteiger partial charge in [-0.1, -0.05) is 11.6 Å². The Labute approximate surface area is 97.7 Å². The molecule has 2 nitrogen and oxygen atoms in total. The molecule has 0 unspecified atom stereocenters. The first-order valence-electron chi connectivity index (χ1n) is 4.71. The van der Waals surface area contributed by atoms with Gasteiger partial charge in [-0.15, -0.1) is 0 Å². The lowest BCUT2D eigenvalue weighted by atomic mass is 10.3. The number of benzene rings is 1. The molecule has 1 heterocycles. The quantitative estimate of drug-likeness (QED) is 0.788. The number of aromatic nitrogens is 1. The summed E-state index contributed by atoms with van der Waals surface area (Å²) in [6.45, 7) is 1.94. The molecule has 0 saturated carbocycles. The molecule has 0 atom stereocenters. The third-order valence-corrected chi connectivity index (χ3v) is 2.29. The van der Waals surface area contributed by atoms with Crippen LogP contribution in [0.3, 0.4) is 0 Å². The van der Waals surface area contributed by atoms with E-state index in [4.69, 9.17) is 16.3 Å². The van der Waals surface area contributed by atoms with Crippen molar-refractivity contribution in [3.63, 3.8) is 0 Å². The van der Waals surface area contributed by atoms with Crippen molar-refractivity contribution in [3.8, 4) is 11.6 Å². The number of rotatable bonds is 2. The summed E-state index contributed by atoms with van der Waals surface area (Å²) in [6, 6.07) is 7.83. The van der Waals surface area contributed by atoms with Crippen LogP contribution in [-0.2, 0) is 0 Å². The first-order chi connectivity index (χ1) is 7.65. The van der Waals surface area contributed by atoms with Crippen LogP contribution >= 0.6 is 11.6 Å². The second kappa shape index (κ2) is 4.49. The molecule has 1 aromatic carbocycles. The van der Waals surface area contributed by atoms with E-state index in [9.17, 15) is 4.39 Å². The van der Waals surface area contributed by atoms with Gasteiger partial charge in [0.25, 0.3) is 0 Å². The smallest absolute Gasteiger partial charge is 0.219 e. The number of nitrogens with zero attached hydrogens (tertiary/aromatic N) is 1. The minimum atomic E-state index is -0.466. The van der Waals surface area contributed by atoms with Crippen molar-refractivity contribution in [3.05, 3.63) is 52.9 Å². The SMILES string of the molecule is Cc1ccnc(Oc2ccc(F)c(Cl)c2)c1. The van der Waals surface area contributed by atoms with Crippen LogP contribution in [0.25, 0.3) is 0 Å². The Hall–Kier alpha value is -1.61. The van der Waals surface area contributed by atoms with Crippen molar-refractivity contribution in [1.82, 2.24) is 4.98 Å². The van der Waals surface area contributed by atoms with Crippen molar-refractivity contribution >= 4 is 11.6 Å². The summed E-state index contributed by atoms with van der Waals surface area (Å²) in [5, 5.41) is 0.0325. The van der Waals surface area contributed by atoms with Crippen LogP contribution in [0.5, 0.6) is 11.6 Å². The Morgan fingerprint density at radius 1 is 1.25 bits per heavy atom. The Morgan fingerprint density at radius 2 is 2.06 bits per heavy atom. The van der Waals surface area contributed by atoms with Crippen molar-refractivity contribution < 1.29 is 9.13 Å². The average molecular weight is 238 g/mol. The molecule has 1 aromatic heterocycles. The van der Waals surface area contributed by atoms with Crippen LogP contribution in [0.1, 0.15) is 5.56 Å². The van der Waals surface area contributed by atoms with Gasteiger partial charge in [0.1, 0.15) is 11.6 Å². The molecule has 82 valence electrons. The van der Waals surface area contributed by atoms with Gasteiger partial charge in [0.05, 0.1) is 5.02 Å². The van der Waals surface area contributed by atoms with Crippen molar-refractivity contribution in [2.24, 2.45) is 0 Å². The van der Waals surface area contributed by atoms with Crippen LogP contribution in [-0.4, -0.2) is 4.98 Å². The maximum atomic E-state index is 12.9. The van der Waals surface area contributed by atoms with E-state index in [0.29, 0.717) is 11.6 Å². The molecule has 0 N–H and O–H groups in total. The lowest BCUT2D eigenvalue weighted by Crippen LogP contribution is -1.88. The number of hydrogen-bond acceptors (Lipinski definition) is 2. The van der Waals surface area contributed by atoms with E-state index in [0.717, 1.165) is 5.56 Å². The monoisotopic (exact) mass is 237 g/mol. The maximum Gasteiger partial charge on any atom is 0.219 e. The number of aryl methyl sites for hydroxylation is 1. The zero-order valence-electron chi connectivity index (χ0n) is 8.58. The predicted octanol–water partition coefficient (Wildman–Crippen LogP) is 3.97. The van der Waals surface area contributed by atoms with Gasteiger partial charge >= 0.3 is 0 Å². The Morgan fingerprint density at radius 3 is 2.75 bits per heavy atom. The molecule has 0 spiro atoms. The highest BCUT2D eigenvalue weighted by Crippen LogP contribution is 2.25. The molecule has 0 radical (unpaired) electrons. The first-order valence-corrected chi connectivity index (χ1v) is 5.08. The highest BCUT2D eigenvalue weighted by molar-refractivity contribution is 6.30. The zero-order chi connectivity index (χ0) is 11.5. The van der Waals surface area contributed by atoms with E-state index in [1.807, 2.05) is 13.0 Å². The van der Waals surface area contributed by atoms with Gasteiger partial charge in [-0.05, 0) is 30.7 Å². The first kappa shape index (κ1) is 10.9. The Bertz CT molecular complexity index is 516. The molecule has 0 aliphatic carbocycles. The molecule has 2 aromatic rings. The average Bonchev–Trinajstić information content (AvgIpc) is 2.24. The van der Waals surface area contributed by atoms with E-state index in [2.05, 4.69) is 4.98 Å². The molecular weight excluding hydrogens is 229 g/mol. The molecule has 0 aliphatic rings. The fourth-order valence-corrected chi connectivity index (χ4v) is 1.40. The normalized spacial score (nSPS) is 10.2. The molecule has 16 heavy (non-hydrogen) atoms. The lowest BCUT2D eigenvalue weighted by molar-refractivity contribution is 0.461. The Kier molecular flexibility index (Phi) is 3.06. The summed E-state index contributed by atoms with van der Waals surface area (Å²) >= 11 is 5.64. The van der Waals surface area contributed by atoms with Crippen molar-refractivity contribution in [1.29, 1.82) is 0 Å². The topological polar surface area (TPSA) is 22.1 Å². The summed E-state index contributed by atoms with van der Waals surface area (Å²) in [5.41, 5.74) is 1.04. The van der Waals surface area contributed by atoms with Crippen molar-refractivity contribution in [2.75, 3.05) is 0 Å². The lowest BCUT2D eigenvalue weighted by Gasteiger charge is -2.05. The minimum absolute atomic E-state index is 0.0325. The zero-order valence-corrected chi connectivity index (χ0v) is 9.33. The molecule has 0 aliphatic heterocycles. The van der Waals surface area contributed by atoms with E-state index in [-0.39, 0.29) is 5.02 Å². The number of ether oxygens (including phenoxy) is 1. The predicted molar refractivity (Wildman–Crippen MR) is 60.5 cm³/mol. The summed E-state index contributed by atoms with van der Waals surface area (Å²) in [7, 11) is 0. The maximum absolute atomic E-state index is 12.9. The second-order valence-electron chi connectivity index (χ2n) is 3.35. The number of halogens is 2. The van der Waals surface area contributed by atoms with Crippen LogP contribution in [0.4, 0.5) is 4.39 Å². The third-order valence-electron chi connectivity index (χ3n) is 2.00. The highest BCUT2D eigenvalue weighted by Gasteiger charge is 2.03. The van der Waals surface area contributed by atoms with Crippen LogP contribution in [0.15, 0.2) is 36.5 Å². The molecule has 0 fully saturated rings. The van der Waals surface area contributed by atoms with E-state index < -0.39 is 5.82 Å². The van der Waals surface area contributed by atoms with E-state index in [1.54, 1.807) is 12.3 Å². The van der Waals surface area contributed by atoms with Gasteiger partial charge in [0.2, 0.25) is 5.88 Å². The van der Waals surface area contributed by atoms with Gasteiger partial charge in [0, 0.05) is 18.3 Å². The second-order valence-corrected chi connectivity index (χ2v) is 3.76. The van der Waals surface area contributed by atoms with Crippen LogP contribution < -0.4 is 4.74 Å². The summed E-state index contributed by atoms with van der Waals surface area (Å²) in [6.07, 6.45) is 1.65. The minimum Gasteiger partial charge on any atom is -0.439 e. The van der Waals surface area contributed by atoms with Gasteiger partial charge in [-0.25, -0.2) is 9.37 Å². The van der Waals surface area contributed by atoms with Gasteiger partial charge in [-0.2, -0.15) is 0 Å². The standard InChI is InChI=1S/C12H9ClFNO/c1-8-4-5-15-12(6-8)16-9-2-3-11(14)10(13)7-9/h2-7H,1H3. The number of pyridine rings is 1. The van der Waals surface area contributed by atoms with Crippen LogP contribution in [0.2, 0.25) is 5.02 Å². The fraction of sp³-hybridized carbons (Fsp3) is 0.0833. The molecule has 0 bridgehead atoms. The Balaban J connectivity index is 2.24. The molecule has 0 amide bonds. The highest BCUT2D eigenvalue weighted by atomic mass is 35.5. The van der Waals surface area contributed by atoms with Crippen LogP contribution in [0, 0.1) is 12.7 Å². The number of hydrogen-bond donors (Lipinski definition) is 0. The molecular formula is C12H9ClFNO. The summed E-state index contributed by atoms with van der Waals surface area (Å²) in [5.74, 6) is 0.457. The van der Waals surface area contributed by atoms with Crippen molar-refractivity contribution in [2.45, 2.75) is 6.92 Å². The van der Waals surface area contributed by atoms with E-state index in [1.165, 1.54) is 18.2 Å². The summed E-state index contributed by atoms with van der Waals surface area (Å²) in [4.78, 5) is 4.03. The van der Waals surface area contributed by atoms with Gasteiger partial charge < -0.3 is 4.74 Å². The summed E-state index contributed by atoms with van der Waals surface area (Å²) < 4.78 is 18.3. The molecule has 4 heteroatoms. The third kappa shape index (κ3) is 2.49. The molecule has 0 saturated heterocycles. The molecule has 2 rings (SSSR count). The van der Waals surface area contributed by atoms with E-state index >= 15 is 0 Å². The van der Waals surface area contributed by atoms with Gasteiger partial charge in [-0.3, -0.25) is 0 Å².